The fourth-order valence-electron chi connectivity index (χ4n) is 1.26. The van der Waals surface area contributed by atoms with Crippen LogP contribution in [0.15, 0.2) is 11.1 Å². The number of hydrogen-bond donors (Lipinski definition) is 0. The maximum atomic E-state index is 11.8. The second-order valence-corrected chi connectivity index (χ2v) is 4.87. The molecule has 1 heterocycles. The van der Waals surface area contributed by atoms with Crippen LogP contribution in [-0.4, -0.2) is 28.2 Å². The molecule has 0 aliphatic carbocycles. The molecule has 0 saturated carbocycles. The highest BCUT2D eigenvalue weighted by Gasteiger charge is 2.09. The van der Waals surface area contributed by atoms with Gasteiger partial charge in [0.25, 0.3) is 5.56 Å². The zero-order valence-corrected chi connectivity index (χ0v) is 11.0. The van der Waals surface area contributed by atoms with E-state index in [1.54, 1.807) is 0 Å². The van der Waals surface area contributed by atoms with Gasteiger partial charge in [-0.1, -0.05) is 18.5 Å². The number of methoxy groups -OCH3 is 1. The number of aromatic nitrogens is 2. The molecule has 0 spiro atoms. The molecule has 0 fully saturated rings. The predicted molar refractivity (Wildman–Crippen MR) is 67.7 cm³/mol. The van der Waals surface area contributed by atoms with Gasteiger partial charge in [-0.05, 0) is 17.9 Å². The number of rotatable bonds is 6. The molecule has 0 N–H and O–H groups in total. The summed E-state index contributed by atoms with van der Waals surface area (Å²) in [4.78, 5) is 15.7. The summed E-state index contributed by atoms with van der Waals surface area (Å²) in [6.07, 6.45) is 2.40. The van der Waals surface area contributed by atoms with Gasteiger partial charge >= 0.3 is 0 Å². The van der Waals surface area contributed by atoms with Gasteiger partial charge in [-0.15, -0.1) is 0 Å². The van der Waals surface area contributed by atoms with Crippen molar-refractivity contribution in [1.29, 1.82) is 0 Å². The normalized spacial score (nSPS) is 10.4. The van der Waals surface area contributed by atoms with Crippen molar-refractivity contribution in [3.63, 3.8) is 0 Å². The molecule has 1 aromatic heterocycles. The Bertz CT molecular complexity index is 395. The number of halogens is 1. The van der Waals surface area contributed by atoms with Crippen molar-refractivity contribution in [3.05, 3.63) is 21.8 Å². The molecule has 4 nitrogen and oxygen atoms in total. The van der Waals surface area contributed by atoms with Gasteiger partial charge in [0.05, 0.1) is 13.4 Å². The summed E-state index contributed by atoms with van der Waals surface area (Å²) in [6.45, 7) is 2.76. The molecule has 1 aromatic rings. The average Bonchev–Trinajstić information content (AvgIpc) is 2.28. The molecule has 0 aromatic carbocycles. The quantitative estimate of drug-likeness (QED) is 0.581. The van der Waals surface area contributed by atoms with Crippen LogP contribution in [0.2, 0.25) is 5.15 Å². The van der Waals surface area contributed by atoms with E-state index in [2.05, 4.69) is 11.9 Å². The van der Waals surface area contributed by atoms with Crippen molar-refractivity contribution in [2.75, 3.05) is 18.6 Å². The number of ether oxygens (including phenoxy) is 1. The van der Waals surface area contributed by atoms with Crippen molar-refractivity contribution < 1.29 is 4.74 Å². The molecule has 0 unspecified atom stereocenters. The Morgan fingerprint density at radius 3 is 3.00 bits per heavy atom. The van der Waals surface area contributed by atoms with Crippen LogP contribution in [0.1, 0.15) is 13.3 Å². The van der Waals surface area contributed by atoms with Crippen molar-refractivity contribution in [2.24, 2.45) is 0 Å². The Labute approximate surface area is 104 Å². The topological polar surface area (TPSA) is 44.1 Å². The Kier molecular flexibility index (Phi) is 5.69. The molecule has 0 aliphatic heterocycles. The van der Waals surface area contributed by atoms with Gasteiger partial charge in [-0.3, -0.25) is 9.36 Å². The lowest BCUT2D eigenvalue weighted by Crippen LogP contribution is -2.22. The first-order chi connectivity index (χ1) is 7.70. The van der Waals surface area contributed by atoms with Gasteiger partial charge in [-0.2, -0.15) is 11.8 Å². The molecule has 0 aliphatic rings. The van der Waals surface area contributed by atoms with Crippen LogP contribution in [0.5, 0.6) is 5.75 Å². The summed E-state index contributed by atoms with van der Waals surface area (Å²) in [6, 6.07) is 0. The van der Waals surface area contributed by atoms with Crippen molar-refractivity contribution in [1.82, 2.24) is 9.55 Å². The lowest BCUT2D eigenvalue weighted by atomic mass is 10.4. The molecular weight excluding hydrogens is 248 g/mol. The highest BCUT2D eigenvalue weighted by atomic mass is 35.5. The summed E-state index contributed by atoms with van der Waals surface area (Å²) in [5.74, 6) is 2.25. The van der Waals surface area contributed by atoms with Crippen LogP contribution in [0.25, 0.3) is 0 Å². The Hall–Kier alpha value is -0.680. The van der Waals surface area contributed by atoms with Gasteiger partial charge in [0.1, 0.15) is 0 Å². The SMILES string of the molecule is CCSCCCn1cnc(Cl)c(OC)c1=O. The van der Waals surface area contributed by atoms with Crippen molar-refractivity contribution in [3.8, 4) is 5.75 Å². The molecule has 0 amide bonds. The number of thioether (sulfide) groups is 1. The number of hydrogen-bond acceptors (Lipinski definition) is 4. The first-order valence-electron chi connectivity index (χ1n) is 5.07. The van der Waals surface area contributed by atoms with Crippen LogP contribution in [0.4, 0.5) is 0 Å². The van der Waals surface area contributed by atoms with Crippen LogP contribution in [0.3, 0.4) is 0 Å². The number of nitrogens with zero attached hydrogens (tertiary/aromatic N) is 2. The van der Waals surface area contributed by atoms with Gasteiger partial charge in [0.15, 0.2) is 5.15 Å². The van der Waals surface area contributed by atoms with Crippen LogP contribution in [-0.2, 0) is 6.54 Å². The third-order valence-corrected chi connectivity index (χ3v) is 3.30. The second kappa shape index (κ2) is 6.81. The van der Waals surface area contributed by atoms with Crippen LogP contribution < -0.4 is 10.3 Å². The molecule has 1 rings (SSSR count). The monoisotopic (exact) mass is 262 g/mol. The summed E-state index contributed by atoms with van der Waals surface area (Å²) < 4.78 is 6.44. The molecule has 0 atom stereocenters. The van der Waals surface area contributed by atoms with E-state index in [1.807, 2.05) is 11.8 Å². The minimum absolute atomic E-state index is 0.117. The summed E-state index contributed by atoms with van der Waals surface area (Å²) in [5.41, 5.74) is -0.219. The summed E-state index contributed by atoms with van der Waals surface area (Å²) in [7, 11) is 1.42. The Balaban J connectivity index is 2.70. The summed E-state index contributed by atoms with van der Waals surface area (Å²) in [5, 5.41) is 0.117. The minimum Gasteiger partial charge on any atom is -0.489 e. The Morgan fingerprint density at radius 1 is 1.62 bits per heavy atom. The standard InChI is InChI=1S/C10H15ClN2O2S/c1-3-16-6-4-5-13-7-12-9(11)8(15-2)10(13)14/h7H,3-6H2,1-2H3. The van der Waals surface area contributed by atoms with E-state index in [0.29, 0.717) is 6.54 Å². The largest absolute Gasteiger partial charge is 0.489 e. The van der Waals surface area contributed by atoms with E-state index in [1.165, 1.54) is 18.0 Å². The van der Waals surface area contributed by atoms with Gasteiger partial charge < -0.3 is 4.74 Å². The highest BCUT2D eigenvalue weighted by molar-refractivity contribution is 7.99. The summed E-state index contributed by atoms with van der Waals surface area (Å²) >= 11 is 7.59. The first kappa shape index (κ1) is 13.4. The molecule has 90 valence electrons. The zero-order chi connectivity index (χ0) is 12.0. The number of aryl methyl sites for hydroxylation is 1. The van der Waals surface area contributed by atoms with E-state index in [9.17, 15) is 4.79 Å². The third kappa shape index (κ3) is 3.42. The van der Waals surface area contributed by atoms with Crippen LogP contribution in [0, 0.1) is 0 Å². The lowest BCUT2D eigenvalue weighted by molar-refractivity contribution is 0.399. The van der Waals surface area contributed by atoms with Gasteiger partial charge in [-0.25, -0.2) is 4.98 Å². The molecule has 6 heteroatoms. The van der Waals surface area contributed by atoms with E-state index in [0.717, 1.165) is 17.9 Å². The molecule has 16 heavy (non-hydrogen) atoms. The van der Waals surface area contributed by atoms with Crippen LogP contribution >= 0.6 is 23.4 Å². The maximum Gasteiger partial charge on any atom is 0.297 e. The molecular formula is C10H15ClN2O2S. The van der Waals surface area contributed by atoms with Gasteiger partial charge in [0.2, 0.25) is 5.75 Å². The Morgan fingerprint density at radius 2 is 2.38 bits per heavy atom. The molecule has 0 saturated heterocycles. The van der Waals surface area contributed by atoms with E-state index in [-0.39, 0.29) is 16.5 Å². The average molecular weight is 263 g/mol. The zero-order valence-electron chi connectivity index (χ0n) is 9.40. The van der Waals surface area contributed by atoms with E-state index < -0.39 is 0 Å². The third-order valence-electron chi connectivity index (χ3n) is 2.05. The van der Waals surface area contributed by atoms with E-state index >= 15 is 0 Å². The fraction of sp³-hybridized carbons (Fsp3) is 0.600. The van der Waals surface area contributed by atoms with E-state index in [4.69, 9.17) is 16.3 Å². The predicted octanol–water partition coefficient (Wildman–Crippen LogP) is 2.05. The van der Waals surface area contributed by atoms with Gasteiger partial charge in [0, 0.05) is 6.54 Å². The lowest BCUT2D eigenvalue weighted by Gasteiger charge is -2.07. The van der Waals surface area contributed by atoms with Crippen molar-refractivity contribution in [2.45, 2.75) is 19.9 Å². The minimum atomic E-state index is -0.219. The highest BCUT2D eigenvalue weighted by Crippen LogP contribution is 2.14. The maximum absolute atomic E-state index is 11.8. The molecule has 0 bridgehead atoms. The first-order valence-corrected chi connectivity index (χ1v) is 6.60. The fourth-order valence-corrected chi connectivity index (χ4v) is 2.09. The second-order valence-electron chi connectivity index (χ2n) is 3.12. The smallest absolute Gasteiger partial charge is 0.297 e. The van der Waals surface area contributed by atoms with Crippen molar-refractivity contribution >= 4 is 23.4 Å². The molecule has 0 radical (unpaired) electrons.